The summed E-state index contributed by atoms with van der Waals surface area (Å²) < 4.78 is 4.97. The van der Waals surface area contributed by atoms with E-state index in [0.717, 1.165) is 12.4 Å². The molecule has 0 heterocycles. The Kier molecular flexibility index (Phi) is 11.8. The van der Waals surface area contributed by atoms with Gasteiger partial charge in [0.25, 0.3) is 0 Å². The summed E-state index contributed by atoms with van der Waals surface area (Å²) in [5.41, 5.74) is 0. The molecule has 0 aliphatic rings. The van der Waals surface area contributed by atoms with E-state index < -0.39 is 11.9 Å². The van der Waals surface area contributed by atoms with E-state index in [1.807, 2.05) is 8.95 Å². The van der Waals surface area contributed by atoms with Crippen molar-refractivity contribution < 1.29 is 40.5 Å². The van der Waals surface area contributed by atoms with Crippen molar-refractivity contribution in [3.63, 3.8) is 0 Å². The van der Waals surface area contributed by atoms with Crippen LogP contribution in [0.4, 0.5) is 0 Å². The summed E-state index contributed by atoms with van der Waals surface area (Å²) in [6.07, 6.45) is 0. The Morgan fingerprint density at radius 1 is 0.938 bits per heavy atom. The summed E-state index contributed by atoms with van der Waals surface area (Å²) in [7, 11) is 1.84. The standard InChI is InChI=1S/C4H10O2S.C2H6O6.Sn/c5-1-2-6-3-4-7;3-1(4,5)2(6,7)8;/h5,7H,1-4H2;3-8H;/q;;+1/p-1. The number of aliphatic hydroxyl groups excluding tert-OH is 1. The van der Waals surface area contributed by atoms with Crippen LogP contribution in [0, 0.1) is 0 Å². The van der Waals surface area contributed by atoms with Crippen molar-refractivity contribution in [2.75, 3.05) is 25.6 Å². The second-order valence-electron chi connectivity index (χ2n) is 2.46. The molecular weight excluding hydrogens is 351 g/mol. The van der Waals surface area contributed by atoms with E-state index in [-0.39, 0.29) is 6.61 Å². The van der Waals surface area contributed by atoms with Gasteiger partial charge in [-0.25, -0.2) is 0 Å². The van der Waals surface area contributed by atoms with E-state index in [1.165, 1.54) is 21.1 Å². The van der Waals surface area contributed by atoms with Crippen LogP contribution in [0.5, 0.6) is 0 Å². The first kappa shape index (κ1) is 19.2. The predicted molar refractivity (Wildman–Crippen MR) is 54.9 cm³/mol. The molecule has 3 radical (unpaired) electrons. The molecule has 0 fully saturated rings. The van der Waals surface area contributed by atoms with Crippen LogP contribution in [0.25, 0.3) is 0 Å². The molecule has 8 nitrogen and oxygen atoms in total. The second kappa shape index (κ2) is 9.82. The molecule has 10 heteroatoms. The van der Waals surface area contributed by atoms with Crippen molar-refractivity contribution in [2.24, 2.45) is 0 Å². The molecule has 0 aliphatic carbocycles. The molecule has 7 N–H and O–H groups in total. The zero-order valence-electron chi connectivity index (χ0n) is 8.28. The van der Waals surface area contributed by atoms with Gasteiger partial charge in [0, 0.05) is 0 Å². The fourth-order valence-corrected chi connectivity index (χ4v) is 1.18. The first-order chi connectivity index (χ1) is 7.16. The van der Waals surface area contributed by atoms with Gasteiger partial charge in [-0.3, -0.25) is 0 Å². The van der Waals surface area contributed by atoms with Crippen LogP contribution in [-0.2, 0) is 4.74 Å². The molecule has 0 aromatic carbocycles. The van der Waals surface area contributed by atoms with Gasteiger partial charge < -0.3 is 30.6 Å². The first-order valence-electron chi connectivity index (χ1n) is 3.98. The molecule has 0 aromatic heterocycles. The van der Waals surface area contributed by atoms with Crippen molar-refractivity contribution >= 4 is 30.1 Å². The SMILES string of the molecule is OC(O)(O)C(O)(O)O.OCCOCC[S][Sn]. The summed E-state index contributed by atoms with van der Waals surface area (Å²) in [6, 6.07) is 0. The van der Waals surface area contributed by atoms with E-state index in [1.54, 1.807) is 0 Å². The van der Waals surface area contributed by atoms with Crippen LogP contribution in [0.2, 0.25) is 0 Å². The fourth-order valence-electron chi connectivity index (χ4n) is 0.267. The van der Waals surface area contributed by atoms with Crippen LogP contribution in [0.1, 0.15) is 0 Å². The first-order valence-corrected chi connectivity index (χ1v) is 8.46. The number of ether oxygens (including phenoxy) is 1. The van der Waals surface area contributed by atoms with E-state index in [2.05, 4.69) is 0 Å². The fraction of sp³-hybridized carbons (Fsp3) is 1.00. The molecule has 0 aliphatic heterocycles. The van der Waals surface area contributed by atoms with Gasteiger partial charge in [-0.05, 0) is 0 Å². The Hall–Kier alpha value is 0.829. The topological polar surface area (TPSA) is 151 Å². The molecule has 0 rings (SSSR count). The second-order valence-corrected chi connectivity index (χ2v) is 5.62. The molecule has 97 valence electrons. The zero-order valence-corrected chi connectivity index (χ0v) is 11.9. The maximum atomic E-state index is 8.24. The summed E-state index contributed by atoms with van der Waals surface area (Å²) in [4.78, 5) is 0. The minimum atomic E-state index is -3.90. The summed E-state index contributed by atoms with van der Waals surface area (Å²) in [5.74, 6) is -6.74. The van der Waals surface area contributed by atoms with Gasteiger partial charge in [0.1, 0.15) is 0 Å². The quantitative estimate of drug-likeness (QED) is 0.142. The van der Waals surface area contributed by atoms with Crippen molar-refractivity contribution in [1.82, 2.24) is 0 Å². The summed E-state index contributed by atoms with van der Waals surface area (Å²) in [5, 5.41) is 54.5. The maximum absolute atomic E-state index is 8.24. The average molecular weight is 366 g/mol. The number of rotatable bonds is 6. The van der Waals surface area contributed by atoms with Crippen LogP contribution < -0.4 is 0 Å². The monoisotopic (exact) mass is 367 g/mol. The molecule has 0 bridgehead atoms. The van der Waals surface area contributed by atoms with Crippen molar-refractivity contribution in [1.29, 1.82) is 0 Å². The molecule has 0 saturated heterocycles. The van der Waals surface area contributed by atoms with Crippen LogP contribution in [0.3, 0.4) is 0 Å². The van der Waals surface area contributed by atoms with Crippen molar-refractivity contribution in [3.05, 3.63) is 0 Å². The Labute approximate surface area is 108 Å². The van der Waals surface area contributed by atoms with Crippen LogP contribution in [-0.4, -0.2) is 94.4 Å². The Morgan fingerprint density at radius 2 is 1.38 bits per heavy atom. The molecule has 0 amide bonds. The van der Waals surface area contributed by atoms with Gasteiger partial charge >= 0.3 is 77.5 Å². The molecule has 0 unspecified atom stereocenters. The normalized spacial score (nSPS) is 12.0. The molecule has 0 spiro atoms. The van der Waals surface area contributed by atoms with Crippen molar-refractivity contribution in [3.8, 4) is 0 Å². The van der Waals surface area contributed by atoms with Gasteiger partial charge in [-0.2, -0.15) is 0 Å². The Morgan fingerprint density at radius 3 is 1.62 bits per heavy atom. The van der Waals surface area contributed by atoms with Gasteiger partial charge in [-0.15, -0.1) is 0 Å². The number of hydrogen-bond donors (Lipinski definition) is 7. The molecule has 16 heavy (non-hydrogen) atoms. The van der Waals surface area contributed by atoms with Crippen LogP contribution in [0.15, 0.2) is 0 Å². The van der Waals surface area contributed by atoms with Gasteiger partial charge in [-0.1, -0.05) is 0 Å². The average Bonchev–Trinajstić information content (AvgIpc) is 2.10. The predicted octanol–water partition coefficient (Wildman–Crippen LogP) is -3.94. The van der Waals surface area contributed by atoms with Crippen LogP contribution >= 0.6 is 8.95 Å². The van der Waals surface area contributed by atoms with Gasteiger partial charge in [0.2, 0.25) is 0 Å². The Bertz CT molecular complexity index is 138. The van der Waals surface area contributed by atoms with E-state index in [9.17, 15) is 0 Å². The van der Waals surface area contributed by atoms with Gasteiger partial charge in [0.05, 0.1) is 0 Å². The molecular formula is C6H15O8SSn. The van der Waals surface area contributed by atoms with Gasteiger partial charge in [0.15, 0.2) is 0 Å². The van der Waals surface area contributed by atoms with E-state index in [4.69, 9.17) is 40.5 Å². The third-order valence-corrected chi connectivity index (χ3v) is 3.13. The summed E-state index contributed by atoms with van der Waals surface area (Å²) in [6.45, 7) is 1.40. The number of aliphatic hydroxyl groups is 7. The molecule has 0 aromatic rings. The molecule has 0 saturated carbocycles. The Balaban J connectivity index is 0. The molecule has 0 atom stereocenters. The summed E-state index contributed by atoms with van der Waals surface area (Å²) >= 11 is 1.48. The zero-order chi connectivity index (χ0) is 13.2. The van der Waals surface area contributed by atoms with E-state index in [0.29, 0.717) is 6.61 Å². The third kappa shape index (κ3) is 12.9. The van der Waals surface area contributed by atoms with Crippen molar-refractivity contribution in [2.45, 2.75) is 11.9 Å². The minimum absolute atomic E-state index is 0.141. The number of hydrogen-bond acceptors (Lipinski definition) is 9. The van der Waals surface area contributed by atoms with E-state index >= 15 is 0 Å². The third-order valence-electron chi connectivity index (χ3n) is 1.02.